The summed E-state index contributed by atoms with van der Waals surface area (Å²) in [5.41, 5.74) is 0. The lowest BCUT2D eigenvalue weighted by molar-refractivity contribution is -0.138. The Morgan fingerprint density at radius 3 is 2.06 bits per heavy atom. The van der Waals surface area contributed by atoms with Crippen LogP contribution in [0.2, 0.25) is 0 Å². The summed E-state index contributed by atoms with van der Waals surface area (Å²) in [6, 6.07) is 0. The normalized spacial score (nSPS) is 10.7. The lowest BCUT2D eigenvalue weighted by Crippen LogP contribution is -2.03. The Labute approximate surface area is 109 Å². The number of carboxylic acids is 1. The molecule has 18 heavy (non-hydrogen) atoms. The van der Waals surface area contributed by atoms with Gasteiger partial charge in [-0.2, -0.15) is 0 Å². The fourth-order valence-corrected chi connectivity index (χ4v) is 1.60. The van der Waals surface area contributed by atoms with E-state index in [4.69, 9.17) is 9.84 Å². The van der Waals surface area contributed by atoms with Crippen molar-refractivity contribution in [3.63, 3.8) is 0 Å². The molecular weight excluding hydrogens is 232 g/mol. The summed E-state index contributed by atoms with van der Waals surface area (Å²) in [5.74, 6) is -1.72. The van der Waals surface area contributed by atoms with Gasteiger partial charge in [-0.25, -0.2) is 9.59 Å². The van der Waals surface area contributed by atoms with Crippen LogP contribution >= 0.6 is 0 Å². The highest BCUT2D eigenvalue weighted by molar-refractivity contribution is 5.90. The molecular formula is C14H24O4. The Morgan fingerprint density at radius 2 is 1.50 bits per heavy atom. The summed E-state index contributed by atoms with van der Waals surface area (Å²) in [4.78, 5) is 21.1. The Balaban J connectivity index is 3.25. The highest BCUT2D eigenvalue weighted by Crippen LogP contribution is 2.08. The molecule has 0 rings (SSSR count). The van der Waals surface area contributed by atoms with Crippen molar-refractivity contribution >= 4 is 11.9 Å². The summed E-state index contributed by atoms with van der Waals surface area (Å²) in [6.45, 7) is 2.57. The lowest BCUT2D eigenvalue weighted by Gasteiger charge is -2.02. The number of ether oxygens (including phenoxy) is 1. The van der Waals surface area contributed by atoms with Gasteiger partial charge >= 0.3 is 11.9 Å². The van der Waals surface area contributed by atoms with E-state index in [2.05, 4.69) is 6.92 Å². The Kier molecular flexibility index (Phi) is 11.3. The fraction of sp³-hybridized carbons (Fsp3) is 0.714. The quantitative estimate of drug-likeness (QED) is 0.350. The number of hydrogen-bond donors (Lipinski definition) is 1. The average molecular weight is 256 g/mol. The molecule has 0 aliphatic rings. The third-order valence-corrected chi connectivity index (χ3v) is 2.60. The highest BCUT2D eigenvalue weighted by atomic mass is 16.5. The van der Waals surface area contributed by atoms with Crippen molar-refractivity contribution in [1.82, 2.24) is 0 Å². The van der Waals surface area contributed by atoms with Crippen LogP contribution in [0.1, 0.15) is 58.3 Å². The van der Waals surface area contributed by atoms with Crippen molar-refractivity contribution in [3.8, 4) is 0 Å². The van der Waals surface area contributed by atoms with E-state index in [9.17, 15) is 9.59 Å². The predicted molar refractivity (Wildman–Crippen MR) is 70.3 cm³/mol. The van der Waals surface area contributed by atoms with Gasteiger partial charge in [0.25, 0.3) is 0 Å². The number of carbonyl (C=O) groups is 2. The molecule has 4 heteroatoms. The van der Waals surface area contributed by atoms with Crippen molar-refractivity contribution in [2.24, 2.45) is 0 Å². The standard InChI is InChI=1S/C14H24O4/c1-2-3-4-5-6-7-8-9-12-18-14(17)11-10-13(15)16/h10-11H,2-9,12H2,1H3,(H,15,16)/b11-10-. The van der Waals surface area contributed by atoms with Gasteiger partial charge in [0.2, 0.25) is 0 Å². The van der Waals surface area contributed by atoms with Crippen LogP contribution in [0.15, 0.2) is 12.2 Å². The van der Waals surface area contributed by atoms with E-state index in [0.29, 0.717) is 6.61 Å². The second kappa shape index (κ2) is 12.1. The molecule has 0 amide bonds. The predicted octanol–water partition coefficient (Wildman–Crippen LogP) is 3.31. The van der Waals surface area contributed by atoms with Crippen LogP contribution < -0.4 is 0 Å². The van der Waals surface area contributed by atoms with E-state index in [-0.39, 0.29) is 0 Å². The van der Waals surface area contributed by atoms with E-state index >= 15 is 0 Å². The van der Waals surface area contributed by atoms with Crippen LogP contribution in [0.3, 0.4) is 0 Å². The maximum absolute atomic E-state index is 11.0. The van der Waals surface area contributed by atoms with Crippen molar-refractivity contribution in [2.45, 2.75) is 58.3 Å². The van der Waals surface area contributed by atoms with Crippen molar-refractivity contribution in [2.75, 3.05) is 6.61 Å². The number of hydrogen-bond acceptors (Lipinski definition) is 3. The summed E-state index contributed by atoms with van der Waals surface area (Å²) in [7, 11) is 0. The molecule has 0 aliphatic carbocycles. The van der Waals surface area contributed by atoms with E-state index in [0.717, 1.165) is 25.0 Å². The minimum absolute atomic E-state index is 0.373. The summed E-state index contributed by atoms with van der Waals surface area (Å²) in [6.07, 6.45) is 11.2. The van der Waals surface area contributed by atoms with Gasteiger partial charge in [0.15, 0.2) is 0 Å². The molecule has 0 aromatic heterocycles. The average Bonchev–Trinajstić information content (AvgIpc) is 2.34. The zero-order chi connectivity index (χ0) is 13.6. The number of aliphatic carboxylic acids is 1. The SMILES string of the molecule is CCCCCCCCCCOC(=O)/C=C\C(=O)O. The van der Waals surface area contributed by atoms with Crippen LogP contribution in [0.4, 0.5) is 0 Å². The maximum atomic E-state index is 11.0. The summed E-state index contributed by atoms with van der Waals surface area (Å²) in [5, 5.41) is 8.30. The lowest BCUT2D eigenvalue weighted by atomic mass is 10.1. The van der Waals surface area contributed by atoms with Gasteiger partial charge in [-0.1, -0.05) is 51.9 Å². The van der Waals surface area contributed by atoms with Gasteiger partial charge in [0, 0.05) is 12.2 Å². The van der Waals surface area contributed by atoms with Crippen LogP contribution in [0, 0.1) is 0 Å². The van der Waals surface area contributed by atoms with E-state index in [1.807, 2.05) is 0 Å². The number of unbranched alkanes of at least 4 members (excludes halogenated alkanes) is 7. The monoisotopic (exact) mass is 256 g/mol. The molecule has 0 radical (unpaired) electrons. The van der Waals surface area contributed by atoms with Crippen molar-refractivity contribution < 1.29 is 19.4 Å². The van der Waals surface area contributed by atoms with Crippen LogP contribution in [-0.4, -0.2) is 23.7 Å². The minimum atomic E-state index is -1.14. The van der Waals surface area contributed by atoms with Crippen LogP contribution in [0.25, 0.3) is 0 Å². The Bertz CT molecular complexity index is 259. The first kappa shape index (κ1) is 16.7. The molecule has 0 aliphatic heterocycles. The molecule has 0 unspecified atom stereocenters. The van der Waals surface area contributed by atoms with Gasteiger partial charge < -0.3 is 9.84 Å². The van der Waals surface area contributed by atoms with E-state index < -0.39 is 11.9 Å². The molecule has 0 bridgehead atoms. The van der Waals surface area contributed by atoms with Crippen LogP contribution in [0.5, 0.6) is 0 Å². The van der Waals surface area contributed by atoms with Gasteiger partial charge in [-0.15, -0.1) is 0 Å². The summed E-state index contributed by atoms with van der Waals surface area (Å²) < 4.78 is 4.85. The van der Waals surface area contributed by atoms with Gasteiger partial charge in [-0.3, -0.25) is 0 Å². The summed E-state index contributed by atoms with van der Waals surface area (Å²) >= 11 is 0. The Hall–Kier alpha value is -1.32. The molecule has 0 heterocycles. The molecule has 104 valence electrons. The molecule has 4 nitrogen and oxygen atoms in total. The van der Waals surface area contributed by atoms with Crippen LogP contribution in [-0.2, 0) is 14.3 Å². The molecule has 0 spiro atoms. The first-order chi connectivity index (χ1) is 8.66. The second-order valence-electron chi connectivity index (χ2n) is 4.31. The molecule has 0 atom stereocenters. The molecule has 0 aromatic carbocycles. The smallest absolute Gasteiger partial charge is 0.331 e. The minimum Gasteiger partial charge on any atom is -0.478 e. The third-order valence-electron chi connectivity index (χ3n) is 2.60. The fourth-order valence-electron chi connectivity index (χ4n) is 1.60. The third kappa shape index (κ3) is 12.7. The molecule has 0 aromatic rings. The number of esters is 1. The first-order valence-electron chi connectivity index (χ1n) is 6.74. The topological polar surface area (TPSA) is 63.6 Å². The Morgan fingerprint density at radius 1 is 0.944 bits per heavy atom. The van der Waals surface area contributed by atoms with Gasteiger partial charge in [-0.05, 0) is 6.42 Å². The van der Waals surface area contributed by atoms with E-state index in [1.54, 1.807) is 0 Å². The van der Waals surface area contributed by atoms with Gasteiger partial charge in [0.05, 0.1) is 6.61 Å². The largest absolute Gasteiger partial charge is 0.478 e. The zero-order valence-corrected chi connectivity index (χ0v) is 11.2. The maximum Gasteiger partial charge on any atom is 0.331 e. The highest BCUT2D eigenvalue weighted by Gasteiger charge is 1.98. The molecule has 1 N–H and O–H groups in total. The molecule has 0 saturated heterocycles. The zero-order valence-electron chi connectivity index (χ0n) is 11.2. The van der Waals surface area contributed by atoms with Crippen molar-refractivity contribution in [1.29, 1.82) is 0 Å². The molecule has 0 fully saturated rings. The van der Waals surface area contributed by atoms with E-state index in [1.165, 1.54) is 38.5 Å². The first-order valence-corrected chi connectivity index (χ1v) is 6.74. The second-order valence-corrected chi connectivity index (χ2v) is 4.31. The molecule has 0 saturated carbocycles. The number of carbonyl (C=O) groups excluding carboxylic acids is 1. The van der Waals surface area contributed by atoms with Crippen molar-refractivity contribution in [3.05, 3.63) is 12.2 Å². The van der Waals surface area contributed by atoms with Gasteiger partial charge in [0.1, 0.15) is 0 Å². The number of rotatable bonds is 11. The number of carboxylic acid groups (broad SMARTS) is 1.